The van der Waals surface area contributed by atoms with Gasteiger partial charge in [-0.25, -0.2) is 9.97 Å². The molecule has 120 valence electrons. The maximum atomic E-state index is 12.4. The number of nitrogens with zero attached hydrogens (tertiary/aromatic N) is 3. The summed E-state index contributed by atoms with van der Waals surface area (Å²) in [7, 11) is 0. The Kier molecular flexibility index (Phi) is 4.98. The van der Waals surface area contributed by atoms with Crippen molar-refractivity contribution in [1.29, 1.82) is 0 Å². The third-order valence-electron chi connectivity index (χ3n) is 4.19. The lowest BCUT2D eigenvalue weighted by atomic mass is 10.1. The van der Waals surface area contributed by atoms with Gasteiger partial charge < -0.3 is 5.32 Å². The predicted molar refractivity (Wildman–Crippen MR) is 90.3 cm³/mol. The zero-order chi connectivity index (χ0) is 16.1. The normalized spacial score (nSPS) is 14.8. The molecule has 1 aliphatic heterocycles. The van der Waals surface area contributed by atoms with Gasteiger partial charge in [-0.2, -0.15) is 0 Å². The summed E-state index contributed by atoms with van der Waals surface area (Å²) in [6, 6.07) is 8.07. The van der Waals surface area contributed by atoms with E-state index in [4.69, 9.17) is 0 Å². The van der Waals surface area contributed by atoms with Gasteiger partial charge in [-0.05, 0) is 50.0 Å². The van der Waals surface area contributed by atoms with Gasteiger partial charge in [0, 0.05) is 18.4 Å². The van der Waals surface area contributed by atoms with Crippen LogP contribution in [0.5, 0.6) is 0 Å². The van der Waals surface area contributed by atoms with Crippen molar-refractivity contribution >= 4 is 11.6 Å². The summed E-state index contributed by atoms with van der Waals surface area (Å²) in [6.45, 7) is 5.34. The van der Waals surface area contributed by atoms with Crippen molar-refractivity contribution in [3.8, 4) is 0 Å². The maximum absolute atomic E-state index is 12.4. The van der Waals surface area contributed by atoms with Crippen LogP contribution in [0.1, 0.15) is 41.4 Å². The van der Waals surface area contributed by atoms with E-state index in [-0.39, 0.29) is 5.91 Å². The Morgan fingerprint density at radius 2 is 1.96 bits per heavy atom. The Labute approximate surface area is 136 Å². The third kappa shape index (κ3) is 3.93. The summed E-state index contributed by atoms with van der Waals surface area (Å²) >= 11 is 0. The lowest BCUT2D eigenvalue weighted by Crippen LogP contribution is -2.18. The number of aromatic nitrogens is 2. The third-order valence-corrected chi connectivity index (χ3v) is 4.19. The molecule has 2 heterocycles. The van der Waals surface area contributed by atoms with Gasteiger partial charge in [0.2, 0.25) is 0 Å². The van der Waals surface area contributed by atoms with Crippen LogP contribution in [0.3, 0.4) is 0 Å². The molecule has 0 unspecified atom stereocenters. The number of rotatable bonds is 5. The van der Waals surface area contributed by atoms with E-state index in [1.807, 2.05) is 19.1 Å². The molecule has 5 heteroatoms. The quantitative estimate of drug-likeness (QED) is 0.922. The van der Waals surface area contributed by atoms with Crippen LogP contribution >= 0.6 is 0 Å². The molecule has 5 nitrogen and oxygen atoms in total. The Morgan fingerprint density at radius 1 is 1.22 bits per heavy atom. The fraction of sp³-hybridized carbons (Fsp3) is 0.389. The minimum absolute atomic E-state index is 0.158. The molecule has 0 spiro atoms. The first kappa shape index (κ1) is 15.6. The van der Waals surface area contributed by atoms with Crippen LogP contribution in [0.4, 0.5) is 5.69 Å². The van der Waals surface area contributed by atoms with Gasteiger partial charge in [-0.3, -0.25) is 9.69 Å². The van der Waals surface area contributed by atoms with E-state index < -0.39 is 0 Å². The zero-order valence-electron chi connectivity index (χ0n) is 13.5. The van der Waals surface area contributed by atoms with Gasteiger partial charge in [0.15, 0.2) is 0 Å². The highest BCUT2D eigenvalue weighted by atomic mass is 16.1. The topological polar surface area (TPSA) is 58.1 Å². The molecule has 1 amide bonds. The molecular weight excluding hydrogens is 288 g/mol. The number of amides is 1. The lowest BCUT2D eigenvalue weighted by molar-refractivity contribution is 0.102. The van der Waals surface area contributed by atoms with Crippen LogP contribution in [0.25, 0.3) is 0 Å². The maximum Gasteiger partial charge on any atom is 0.259 e. The number of carbonyl (C=O) groups is 1. The molecule has 1 N–H and O–H groups in total. The average Bonchev–Trinajstić information content (AvgIpc) is 3.09. The van der Waals surface area contributed by atoms with E-state index in [0.717, 1.165) is 17.9 Å². The van der Waals surface area contributed by atoms with Crippen LogP contribution in [-0.4, -0.2) is 33.9 Å². The Bertz CT molecular complexity index is 663. The smallest absolute Gasteiger partial charge is 0.259 e. The number of nitrogens with one attached hydrogen (secondary N) is 1. The molecule has 0 atom stereocenters. The largest absolute Gasteiger partial charge is 0.322 e. The highest BCUT2D eigenvalue weighted by Crippen LogP contribution is 2.16. The minimum Gasteiger partial charge on any atom is -0.322 e. The van der Waals surface area contributed by atoms with Crippen molar-refractivity contribution in [1.82, 2.24) is 14.9 Å². The minimum atomic E-state index is -0.158. The van der Waals surface area contributed by atoms with Crippen LogP contribution in [-0.2, 0) is 13.0 Å². The van der Waals surface area contributed by atoms with Crippen molar-refractivity contribution in [2.24, 2.45) is 0 Å². The van der Waals surface area contributed by atoms with Crippen molar-refractivity contribution in [2.45, 2.75) is 32.7 Å². The van der Waals surface area contributed by atoms with Gasteiger partial charge in [0.05, 0.1) is 11.3 Å². The molecule has 2 aromatic rings. The first-order valence-electron chi connectivity index (χ1n) is 8.18. The highest BCUT2D eigenvalue weighted by molar-refractivity contribution is 6.04. The average molecular weight is 310 g/mol. The summed E-state index contributed by atoms with van der Waals surface area (Å²) < 4.78 is 0. The summed E-state index contributed by atoms with van der Waals surface area (Å²) in [5.74, 6) is -0.158. The molecule has 0 aliphatic carbocycles. The second kappa shape index (κ2) is 7.33. The van der Waals surface area contributed by atoms with E-state index in [0.29, 0.717) is 12.0 Å². The van der Waals surface area contributed by atoms with Crippen molar-refractivity contribution in [3.63, 3.8) is 0 Å². The first-order valence-corrected chi connectivity index (χ1v) is 8.18. The van der Waals surface area contributed by atoms with E-state index >= 15 is 0 Å². The van der Waals surface area contributed by atoms with Gasteiger partial charge in [0.1, 0.15) is 6.33 Å². The molecule has 1 aliphatic rings. The first-order chi connectivity index (χ1) is 11.3. The predicted octanol–water partition coefficient (Wildman–Crippen LogP) is 2.89. The summed E-state index contributed by atoms with van der Waals surface area (Å²) in [6.07, 6.45) is 6.35. The standard InChI is InChI=1S/C18H22N4O/c1-2-17-16(11-19-13-20-17)18(23)21-15-7-5-14(6-8-15)12-22-9-3-4-10-22/h5-8,11,13H,2-4,9-10,12H2,1H3,(H,21,23). The molecule has 0 radical (unpaired) electrons. The van der Waals surface area contributed by atoms with Gasteiger partial charge in [0.25, 0.3) is 5.91 Å². The summed E-state index contributed by atoms with van der Waals surface area (Å²) in [5.41, 5.74) is 3.38. The molecule has 0 bridgehead atoms. The number of aryl methyl sites for hydroxylation is 1. The van der Waals surface area contributed by atoms with Gasteiger partial charge in [-0.1, -0.05) is 19.1 Å². The van der Waals surface area contributed by atoms with Gasteiger partial charge >= 0.3 is 0 Å². The van der Waals surface area contributed by atoms with Crippen LogP contribution in [0, 0.1) is 0 Å². The number of carbonyl (C=O) groups excluding carboxylic acids is 1. The Morgan fingerprint density at radius 3 is 2.65 bits per heavy atom. The second-order valence-electron chi connectivity index (χ2n) is 5.87. The molecule has 3 rings (SSSR count). The Balaban J connectivity index is 1.64. The molecular formula is C18H22N4O. The van der Waals surface area contributed by atoms with E-state index in [1.54, 1.807) is 6.20 Å². The highest BCUT2D eigenvalue weighted by Gasteiger charge is 2.13. The van der Waals surface area contributed by atoms with Crippen LogP contribution in [0.15, 0.2) is 36.8 Å². The second-order valence-corrected chi connectivity index (χ2v) is 5.87. The fourth-order valence-electron chi connectivity index (χ4n) is 2.92. The zero-order valence-corrected chi connectivity index (χ0v) is 13.5. The van der Waals surface area contributed by atoms with Crippen molar-refractivity contribution in [2.75, 3.05) is 18.4 Å². The Hall–Kier alpha value is -2.27. The monoisotopic (exact) mass is 310 g/mol. The SMILES string of the molecule is CCc1ncncc1C(=O)Nc1ccc(CN2CCCC2)cc1. The molecule has 1 fully saturated rings. The lowest BCUT2D eigenvalue weighted by Gasteiger charge is -2.15. The van der Waals surface area contributed by atoms with E-state index in [2.05, 4.69) is 32.3 Å². The van der Waals surface area contributed by atoms with Crippen molar-refractivity contribution in [3.05, 3.63) is 53.6 Å². The van der Waals surface area contributed by atoms with Gasteiger partial charge in [-0.15, -0.1) is 0 Å². The van der Waals surface area contributed by atoms with Crippen LogP contribution < -0.4 is 5.32 Å². The molecule has 0 saturated carbocycles. The van der Waals surface area contributed by atoms with E-state index in [9.17, 15) is 4.79 Å². The van der Waals surface area contributed by atoms with Crippen molar-refractivity contribution < 1.29 is 4.79 Å². The summed E-state index contributed by atoms with van der Waals surface area (Å²) in [5, 5.41) is 2.92. The van der Waals surface area contributed by atoms with E-state index in [1.165, 1.54) is 37.8 Å². The molecule has 1 aromatic heterocycles. The number of hydrogen-bond acceptors (Lipinski definition) is 4. The number of likely N-dealkylation sites (tertiary alicyclic amines) is 1. The number of benzene rings is 1. The van der Waals surface area contributed by atoms with Crippen LogP contribution in [0.2, 0.25) is 0 Å². The molecule has 1 aromatic carbocycles. The molecule has 1 saturated heterocycles. The summed E-state index contributed by atoms with van der Waals surface area (Å²) in [4.78, 5) is 22.9. The number of hydrogen-bond donors (Lipinski definition) is 1. The number of anilines is 1. The molecule has 23 heavy (non-hydrogen) atoms. The fourth-order valence-corrected chi connectivity index (χ4v) is 2.92.